The van der Waals surface area contributed by atoms with E-state index in [2.05, 4.69) is 10.9 Å². The quantitative estimate of drug-likeness (QED) is 0.351. The van der Waals surface area contributed by atoms with E-state index in [0.717, 1.165) is 0 Å². The molecular formula is C5H13N2O2. The minimum atomic E-state index is 0.122. The van der Waals surface area contributed by atoms with Gasteiger partial charge in [-0.15, -0.1) is 0 Å². The normalized spacial score (nSPS) is 10.0. The standard InChI is InChI=1S/C5H13N2O2/c1-9-5-3-7-6-2-4-8/h6,8H,2-5H2,1H3. The summed E-state index contributed by atoms with van der Waals surface area (Å²) in [5.41, 5.74) is 6.48. The Hall–Kier alpha value is -0.160. The number of nitrogens with zero attached hydrogens (tertiary/aromatic N) is 1. The molecule has 0 spiro atoms. The molecule has 1 radical (unpaired) electrons. The summed E-state index contributed by atoms with van der Waals surface area (Å²) in [5.74, 6) is 0. The Bertz CT molecular complexity index is 46.2. The lowest BCUT2D eigenvalue weighted by Gasteiger charge is -1.99. The average Bonchev–Trinajstić information content (AvgIpc) is 1.89. The molecule has 0 aliphatic carbocycles. The van der Waals surface area contributed by atoms with Crippen LogP contribution in [-0.4, -0.2) is 38.5 Å². The summed E-state index contributed by atoms with van der Waals surface area (Å²) in [4.78, 5) is 0. The Kier molecular flexibility index (Phi) is 7.70. The highest BCUT2D eigenvalue weighted by Crippen LogP contribution is 1.62. The maximum absolute atomic E-state index is 8.27. The summed E-state index contributed by atoms with van der Waals surface area (Å²) in [7, 11) is 1.63. The Morgan fingerprint density at radius 3 is 3.00 bits per heavy atom. The number of rotatable bonds is 6. The maximum atomic E-state index is 8.27. The predicted molar refractivity (Wildman–Crippen MR) is 34.0 cm³/mol. The van der Waals surface area contributed by atoms with E-state index in [9.17, 15) is 0 Å². The molecule has 0 aromatic heterocycles. The van der Waals surface area contributed by atoms with Crippen molar-refractivity contribution in [3.8, 4) is 0 Å². The Morgan fingerprint density at radius 2 is 2.44 bits per heavy atom. The van der Waals surface area contributed by atoms with E-state index in [1.807, 2.05) is 0 Å². The van der Waals surface area contributed by atoms with Gasteiger partial charge < -0.3 is 9.84 Å². The molecule has 0 unspecified atom stereocenters. The van der Waals surface area contributed by atoms with Crippen LogP contribution in [0.4, 0.5) is 0 Å². The second kappa shape index (κ2) is 7.84. The molecule has 0 fully saturated rings. The van der Waals surface area contributed by atoms with E-state index < -0.39 is 0 Å². The third kappa shape index (κ3) is 7.84. The summed E-state index contributed by atoms with van der Waals surface area (Å²) in [6.07, 6.45) is 0. The lowest BCUT2D eigenvalue weighted by molar-refractivity contribution is 0.191. The molecule has 0 saturated carbocycles. The third-order valence-corrected chi connectivity index (χ3v) is 0.743. The van der Waals surface area contributed by atoms with E-state index in [-0.39, 0.29) is 6.61 Å². The summed E-state index contributed by atoms with van der Waals surface area (Å²) in [6.45, 7) is 1.90. The summed E-state index contributed by atoms with van der Waals surface area (Å²) in [6, 6.07) is 0. The largest absolute Gasteiger partial charge is 0.395 e. The summed E-state index contributed by atoms with van der Waals surface area (Å²) in [5, 5.41) is 8.27. The van der Waals surface area contributed by atoms with Gasteiger partial charge in [0.25, 0.3) is 0 Å². The fourth-order valence-corrected chi connectivity index (χ4v) is 0.345. The van der Waals surface area contributed by atoms with Crippen LogP contribution < -0.4 is 10.9 Å². The van der Waals surface area contributed by atoms with Crippen molar-refractivity contribution in [1.29, 1.82) is 0 Å². The molecule has 0 aromatic rings. The lowest BCUT2D eigenvalue weighted by Crippen LogP contribution is -2.29. The summed E-state index contributed by atoms with van der Waals surface area (Å²) < 4.78 is 4.73. The molecule has 0 amide bonds. The maximum Gasteiger partial charge on any atom is 0.0619 e. The fourth-order valence-electron chi connectivity index (χ4n) is 0.345. The van der Waals surface area contributed by atoms with E-state index in [0.29, 0.717) is 19.7 Å². The first-order valence-electron chi connectivity index (χ1n) is 2.91. The van der Waals surface area contributed by atoms with E-state index >= 15 is 0 Å². The summed E-state index contributed by atoms with van der Waals surface area (Å²) >= 11 is 0. The molecule has 0 aliphatic rings. The second-order valence-corrected chi connectivity index (χ2v) is 1.51. The van der Waals surface area contributed by atoms with Crippen molar-refractivity contribution in [3.63, 3.8) is 0 Å². The van der Waals surface area contributed by atoms with Crippen molar-refractivity contribution in [2.75, 3.05) is 33.4 Å². The minimum absolute atomic E-state index is 0.122. The molecule has 0 heterocycles. The van der Waals surface area contributed by atoms with Gasteiger partial charge >= 0.3 is 0 Å². The Balaban J connectivity index is 2.60. The molecule has 0 saturated heterocycles. The van der Waals surface area contributed by atoms with E-state index in [1.54, 1.807) is 7.11 Å². The van der Waals surface area contributed by atoms with Crippen LogP contribution >= 0.6 is 0 Å². The number of nitrogens with one attached hydrogen (secondary N) is 1. The van der Waals surface area contributed by atoms with Crippen LogP contribution in [0.15, 0.2) is 0 Å². The highest BCUT2D eigenvalue weighted by molar-refractivity contribution is 4.37. The van der Waals surface area contributed by atoms with Crippen LogP contribution in [0, 0.1) is 0 Å². The van der Waals surface area contributed by atoms with Gasteiger partial charge in [0.05, 0.1) is 19.8 Å². The molecule has 55 valence electrons. The number of methoxy groups -OCH3 is 1. The molecule has 9 heavy (non-hydrogen) atoms. The van der Waals surface area contributed by atoms with Gasteiger partial charge in [0.1, 0.15) is 0 Å². The highest BCUT2D eigenvalue weighted by Gasteiger charge is 1.84. The van der Waals surface area contributed by atoms with E-state index in [4.69, 9.17) is 9.84 Å². The van der Waals surface area contributed by atoms with Gasteiger partial charge in [-0.3, -0.25) is 0 Å². The molecule has 0 rings (SSSR count). The molecule has 0 aliphatic heterocycles. The molecule has 4 nitrogen and oxygen atoms in total. The molecule has 2 N–H and O–H groups in total. The van der Waals surface area contributed by atoms with Crippen molar-refractivity contribution in [2.45, 2.75) is 0 Å². The van der Waals surface area contributed by atoms with Gasteiger partial charge in [0.15, 0.2) is 0 Å². The van der Waals surface area contributed by atoms with Gasteiger partial charge in [-0.05, 0) is 0 Å². The third-order valence-electron chi connectivity index (χ3n) is 0.743. The van der Waals surface area contributed by atoms with Crippen molar-refractivity contribution >= 4 is 0 Å². The zero-order chi connectivity index (χ0) is 6.95. The van der Waals surface area contributed by atoms with Gasteiger partial charge in [0, 0.05) is 13.7 Å². The smallest absolute Gasteiger partial charge is 0.0619 e. The van der Waals surface area contributed by atoms with Crippen LogP contribution in [0.5, 0.6) is 0 Å². The molecule has 0 atom stereocenters. The van der Waals surface area contributed by atoms with Crippen LogP contribution in [0.25, 0.3) is 0 Å². The van der Waals surface area contributed by atoms with Crippen molar-refractivity contribution < 1.29 is 9.84 Å². The van der Waals surface area contributed by atoms with Gasteiger partial charge in [0.2, 0.25) is 0 Å². The highest BCUT2D eigenvalue weighted by atomic mass is 16.5. The number of hydrogen-bond donors (Lipinski definition) is 2. The average molecular weight is 133 g/mol. The predicted octanol–water partition coefficient (Wildman–Crippen LogP) is -1.27. The first-order valence-corrected chi connectivity index (χ1v) is 2.91. The Morgan fingerprint density at radius 1 is 1.67 bits per heavy atom. The molecule has 4 heteroatoms. The van der Waals surface area contributed by atoms with E-state index in [1.165, 1.54) is 0 Å². The number of ether oxygens (including phenoxy) is 1. The van der Waals surface area contributed by atoms with Crippen LogP contribution in [0.1, 0.15) is 0 Å². The van der Waals surface area contributed by atoms with Crippen LogP contribution in [0.2, 0.25) is 0 Å². The second-order valence-electron chi connectivity index (χ2n) is 1.51. The molecular weight excluding hydrogens is 120 g/mol. The minimum Gasteiger partial charge on any atom is -0.395 e. The first kappa shape index (κ1) is 8.84. The number of hydrogen-bond acceptors (Lipinski definition) is 3. The Labute approximate surface area is 55.2 Å². The zero-order valence-corrected chi connectivity index (χ0v) is 5.63. The molecule has 0 aromatic carbocycles. The number of aliphatic hydroxyl groups is 1. The molecule has 0 bridgehead atoms. The number of aliphatic hydroxyl groups excluding tert-OH is 1. The van der Waals surface area contributed by atoms with Gasteiger partial charge in [-0.25, -0.2) is 5.43 Å². The van der Waals surface area contributed by atoms with Gasteiger partial charge in [-0.2, -0.15) is 5.43 Å². The first-order chi connectivity index (χ1) is 4.41. The monoisotopic (exact) mass is 133 g/mol. The van der Waals surface area contributed by atoms with Crippen molar-refractivity contribution in [3.05, 3.63) is 0 Å². The SMILES string of the molecule is COCC[N]NCCO. The van der Waals surface area contributed by atoms with Crippen LogP contribution in [0.3, 0.4) is 0 Å². The van der Waals surface area contributed by atoms with Crippen molar-refractivity contribution in [2.24, 2.45) is 0 Å². The van der Waals surface area contributed by atoms with Gasteiger partial charge in [-0.1, -0.05) is 0 Å². The lowest BCUT2D eigenvalue weighted by atomic mass is 10.7. The van der Waals surface area contributed by atoms with Crippen LogP contribution in [-0.2, 0) is 4.74 Å². The van der Waals surface area contributed by atoms with Crippen molar-refractivity contribution in [1.82, 2.24) is 10.9 Å². The fraction of sp³-hybridized carbons (Fsp3) is 1.00. The topological polar surface area (TPSA) is 55.6 Å². The zero-order valence-electron chi connectivity index (χ0n) is 5.63.